The van der Waals surface area contributed by atoms with Gasteiger partial charge in [0.25, 0.3) is 0 Å². The van der Waals surface area contributed by atoms with Crippen molar-refractivity contribution in [2.75, 3.05) is 19.7 Å². The SMILES string of the molecule is Cc1ccccc1C1CN(CCO)C(=O)N1. The number of nitrogens with zero attached hydrogens (tertiary/aromatic N) is 1. The number of hydrogen-bond donors (Lipinski definition) is 2. The summed E-state index contributed by atoms with van der Waals surface area (Å²) < 4.78 is 0. The second kappa shape index (κ2) is 4.53. The summed E-state index contributed by atoms with van der Waals surface area (Å²) in [5, 5.41) is 11.8. The first-order chi connectivity index (χ1) is 7.72. The van der Waals surface area contributed by atoms with Gasteiger partial charge in [0.1, 0.15) is 0 Å². The van der Waals surface area contributed by atoms with E-state index in [9.17, 15) is 4.79 Å². The lowest BCUT2D eigenvalue weighted by atomic mass is 10.0. The Morgan fingerprint density at radius 1 is 1.50 bits per heavy atom. The molecule has 1 heterocycles. The molecule has 1 aromatic carbocycles. The molecule has 1 saturated heterocycles. The second-order valence-corrected chi connectivity index (χ2v) is 4.03. The Kier molecular flexibility index (Phi) is 3.10. The summed E-state index contributed by atoms with van der Waals surface area (Å²) in [5.74, 6) is 0. The molecule has 0 aliphatic carbocycles. The molecule has 0 bridgehead atoms. The van der Waals surface area contributed by atoms with Gasteiger partial charge in [0.15, 0.2) is 0 Å². The fourth-order valence-corrected chi connectivity index (χ4v) is 2.06. The van der Waals surface area contributed by atoms with Crippen molar-refractivity contribution in [1.82, 2.24) is 10.2 Å². The van der Waals surface area contributed by atoms with Crippen molar-refractivity contribution in [2.45, 2.75) is 13.0 Å². The predicted molar refractivity (Wildman–Crippen MR) is 61.1 cm³/mol. The molecule has 86 valence electrons. The van der Waals surface area contributed by atoms with E-state index in [1.807, 2.05) is 31.2 Å². The molecule has 1 aliphatic heterocycles. The third-order valence-corrected chi connectivity index (χ3v) is 2.92. The van der Waals surface area contributed by atoms with Gasteiger partial charge in [0, 0.05) is 13.1 Å². The molecule has 1 aliphatic rings. The van der Waals surface area contributed by atoms with E-state index >= 15 is 0 Å². The van der Waals surface area contributed by atoms with Gasteiger partial charge in [-0.3, -0.25) is 0 Å². The maximum Gasteiger partial charge on any atom is 0.318 e. The number of benzene rings is 1. The summed E-state index contributed by atoms with van der Waals surface area (Å²) in [6, 6.07) is 7.98. The highest BCUT2D eigenvalue weighted by Gasteiger charge is 2.29. The molecule has 1 unspecified atom stereocenters. The number of nitrogens with one attached hydrogen (secondary N) is 1. The number of aliphatic hydroxyl groups excluding tert-OH is 1. The first kappa shape index (κ1) is 11.0. The normalized spacial score (nSPS) is 20.0. The van der Waals surface area contributed by atoms with E-state index in [0.29, 0.717) is 13.1 Å². The van der Waals surface area contributed by atoms with E-state index in [2.05, 4.69) is 5.32 Å². The van der Waals surface area contributed by atoms with E-state index in [-0.39, 0.29) is 18.7 Å². The Bertz CT molecular complexity index is 392. The molecule has 2 rings (SSSR count). The molecule has 2 N–H and O–H groups in total. The fourth-order valence-electron chi connectivity index (χ4n) is 2.06. The first-order valence-electron chi connectivity index (χ1n) is 5.44. The number of amides is 2. The zero-order chi connectivity index (χ0) is 11.5. The number of carbonyl (C=O) groups is 1. The maximum atomic E-state index is 11.6. The molecule has 1 fully saturated rings. The Hall–Kier alpha value is -1.55. The Labute approximate surface area is 94.9 Å². The highest BCUT2D eigenvalue weighted by molar-refractivity contribution is 5.77. The van der Waals surface area contributed by atoms with Gasteiger partial charge in [-0.05, 0) is 18.1 Å². The molecular weight excluding hydrogens is 204 g/mol. The average molecular weight is 220 g/mol. The van der Waals surface area contributed by atoms with Crippen molar-refractivity contribution in [1.29, 1.82) is 0 Å². The van der Waals surface area contributed by atoms with Crippen LogP contribution in [-0.4, -0.2) is 35.7 Å². The van der Waals surface area contributed by atoms with Gasteiger partial charge in [-0.25, -0.2) is 4.79 Å². The van der Waals surface area contributed by atoms with Gasteiger partial charge in [-0.2, -0.15) is 0 Å². The minimum Gasteiger partial charge on any atom is -0.395 e. The third kappa shape index (κ3) is 2.02. The van der Waals surface area contributed by atoms with Crippen LogP contribution in [0.15, 0.2) is 24.3 Å². The van der Waals surface area contributed by atoms with Gasteiger partial charge in [0.05, 0.1) is 12.6 Å². The lowest BCUT2D eigenvalue weighted by molar-refractivity contribution is 0.196. The molecule has 1 aromatic rings. The van der Waals surface area contributed by atoms with Gasteiger partial charge in [0.2, 0.25) is 0 Å². The Balaban J connectivity index is 2.14. The topological polar surface area (TPSA) is 52.6 Å². The van der Waals surface area contributed by atoms with Gasteiger partial charge < -0.3 is 15.3 Å². The van der Waals surface area contributed by atoms with E-state index in [0.717, 1.165) is 5.56 Å². The van der Waals surface area contributed by atoms with Crippen LogP contribution in [0.3, 0.4) is 0 Å². The fraction of sp³-hybridized carbons (Fsp3) is 0.417. The van der Waals surface area contributed by atoms with Crippen LogP contribution < -0.4 is 5.32 Å². The summed E-state index contributed by atoms with van der Waals surface area (Å²) in [6.45, 7) is 3.07. The minimum absolute atomic E-state index is 0.00785. The lowest BCUT2D eigenvalue weighted by Crippen LogP contribution is -2.30. The second-order valence-electron chi connectivity index (χ2n) is 4.03. The lowest BCUT2D eigenvalue weighted by Gasteiger charge is -2.14. The number of urea groups is 1. The van der Waals surface area contributed by atoms with Crippen LogP contribution in [0.25, 0.3) is 0 Å². The third-order valence-electron chi connectivity index (χ3n) is 2.92. The number of β-amino-alcohol motifs (C(OH)–C–C–N with tert-alkyl or cyclic N) is 1. The minimum atomic E-state index is -0.0951. The van der Waals surface area contributed by atoms with E-state index in [1.165, 1.54) is 5.56 Å². The zero-order valence-corrected chi connectivity index (χ0v) is 9.31. The highest BCUT2D eigenvalue weighted by Crippen LogP contribution is 2.22. The molecule has 0 spiro atoms. The van der Waals surface area contributed by atoms with Crippen molar-refractivity contribution in [2.24, 2.45) is 0 Å². The van der Waals surface area contributed by atoms with Gasteiger partial charge in [-0.15, -0.1) is 0 Å². The Morgan fingerprint density at radius 3 is 2.94 bits per heavy atom. The molecule has 1 atom stereocenters. The standard InChI is InChI=1S/C12H16N2O2/c1-9-4-2-3-5-10(9)11-8-14(6-7-15)12(16)13-11/h2-5,11,15H,6-8H2,1H3,(H,13,16). The molecule has 2 amide bonds. The number of hydrogen-bond acceptors (Lipinski definition) is 2. The summed E-state index contributed by atoms with van der Waals surface area (Å²) in [7, 11) is 0. The monoisotopic (exact) mass is 220 g/mol. The van der Waals surface area contributed by atoms with E-state index < -0.39 is 0 Å². The van der Waals surface area contributed by atoms with Crippen molar-refractivity contribution in [3.8, 4) is 0 Å². The van der Waals surface area contributed by atoms with E-state index in [1.54, 1.807) is 4.90 Å². The summed E-state index contributed by atoms with van der Waals surface area (Å²) >= 11 is 0. The predicted octanol–water partition coefficient (Wildman–Crippen LogP) is 1.05. The summed E-state index contributed by atoms with van der Waals surface area (Å²) in [4.78, 5) is 13.2. The summed E-state index contributed by atoms with van der Waals surface area (Å²) in [5.41, 5.74) is 2.33. The van der Waals surface area contributed by atoms with Crippen LogP contribution in [0.1, 0.15) is 17.2 Å². The van der Waals surface area contributed by atoms with Crippen LogP contribution >= 0.6 is 0 Å². The number of rotatable bonds is 3. The number of aliphatic hydroxyl groups is 1. The average Bonchev–Trinajstić information content (AvgIpc) is 2.61. The molecular formula is C12H16N2O2. The smallest absolute Gasteiger partial charge is 0.318 e. The summed E-state index contributed by atoms with van der Waals surface area (Å²) in [6.07, 6.45) is 0. The maximum absolute atomic E-state index is 11.6. The largest absolute Gasteiger partial charge is 0.395 e. The molecule has 0 saturated carbocycles. The van der Waals surface area contributed by atoms with Crippen molar-refractivity contribution < 1.29 is 9.90 Å². The van der Waals surface area contributed by atoms with Crippen LogP contribution in [0.4, 0.5) is 4.79 Å². The molecule has 4 heteroatoms. The van der Waals surface area contributed by atoms with Gasteiger partial charge in [-0.1, -0.05) is 24.3 Å². The molecule has 16 heavy (non-hydrogen) atoms. The first-order valence-corrected chi connectivity index (χ1v) is 5.44. The van der Waals surface area contributed by atoms with Crippen LogP contribution in [-0.2, 0) is 0 Å². The number of aryl methyl sites for hydroxylation is 1. The van der Waals surface area contributed by atoms with Crippen LogP contribution in [0.2, 0.25) is 0 Å². The van der Waals surface area contributed by atoms with Crippen LogP contribution in [0, 0.1) is 6.92 Å². The quantitative estimate of drug-likeness (QED) is 0.800. The highest BCUT2D eigenvalue weighted by atomic mass is 16.3. The van der Waals surface area contributed by atoms with E-state index in [4.69, 9.17) is 5.11 Å². The van der Waals surface area contributed by atoms with Crippen molar-refractivity contribution >= 4 is 6.03 Å². The zero-order valence-electron chi connectivity index (χ0n) is 9.31. The number of carbonyl (C=O) groups excluding carboxylic acids is 1. The van der Waals surface area contributed by atoms with Crippen molar-refractivity contribution in [3.63, 3.8) is 0 Å². The Morgan fingerprint density at radius 2 is 2.25 bits per heavy atom. The van der Waals surface area contributed by atoms with Crippen molar-refractivity contribution in [3.05, 3.63) is 35.4 Å². The van der Waals surface area contributed by atoms with Gasteiger partial charge >= 0.3 is 6.03 Å². The van der Waals surface area contributed by atoms with Crippen LogP contribution in [0.5, 0.6) is 0 Å². The molecule has 0 radical (unpaired) electrons. The molecule has 4 nitrogen and oxygen atoms in total. The molecule has 0 aromatic heterocycles.